The largest absolute Gasteiger partial charge is 0.432 e. The van der Waals surface area contributed by atoms with Gasteiger partial charge in [0, 0.05) is 0 Å². The third kappa shape index (κ3) is 2.30. The molecule has 0 saturated heterocycles. The average Bonchev–Trinajstić information content (AvgIpc) is 2.18. The second-order valence-corrected chi connectivity index (χ2v) is 2.42. The quantitative estimate of drug-likeness (QED) is 0.399. The standard InChI is InChI=1S/C11H10O2/c1-3-13-11(12)9(2)10-7-5-4-6-8-10/h3-8H,1-2H2. The van der Waals surface area contributed by atoms with Crippen LogP contribution in [0.3, 0.4) is 0 Å². The van der Waals surface area contributed by atoms with Gasteiger partial charge in [0.1, 0.15) is 0 Å². The van der Waals surface area contributed by atoms with Crippen molar-refractivity contribution in [2.45, 2.75) is 0 Å². The summed E-state index contributed by atoms with van der Waals surface area (Å²) in [5, 5.41) is 0. The molecule has 0 unspecified atom stereocenters. The fraction of sp³-hybridized carbons (Fsp3) is 0. The van der Waals surface area contributed by atoms with Gasteiger partial charge in [0.2, 0.25) is 0 Å². The summed E-state index contributed by atoms with van der Waals surface area (Å²) < 4.78 is 4.58. The van der Waals surface area contributed by atoms with E-state index >= 15 is 0 Å². The van der Waals surface area contributed by atoms with Crippen molar-refractivity contribution >= 4 is 11.5 Å². The van der Waals surface area contributed by atoms with E-state index in [2.05, 4.69) is 17.9 Å². The van der Waals surface area contributed by atoms with Crippen LogP contribution >= 0.6 is 0 Å². The molecular formula is C11H10O2. The van der Waals surface area contributed by atoms with E-state index in [1.165, 1.54) is 0 Å². The molecule has 1 aromatic rings. The highest BCUT2D eigenvalue weighted by Crippen LogP contribution is 2.12. The van der Waals surface area contributed by atoms with Crippen molar-refractivity contribution in [3.63, 3.8) is 0 Å². The monoisotopic (exact) mass is 174 g/mol. The van der Waals surface area contributed by atoms with E-state index in [-0.39, 0.29) is 0 Å². The van der Waals surface area contributed by atoms with Crippen molar-refractivity contribution in [1.82, 2.24) is 0 Å². The normalized spacial score (nSPS) is 8.92. The minimum atomic E-state index is -0.471. The van der Waals surface area contributed by atoms with Crippen molar-refractivity contribution < 1.29 is 9.53 Å². The lowest BCUT2D eigenvalue weighted by atomic mass is 10.1. The summed E-state index contributed by atoms with van der Waals surface area (Å²) >= 11 is 0. The first-order valence-electron chi connectivity index (χ1n) is 3.82. The Balaban J connectivity index is 2.80. The molecule has 66 valence electrons. The highest BCUT2D eigenvalue weighted by molar-refractivity contribution is 6.15. The van der Waals surface area contributed by atoms with Crippen molar-refractivity contribution in [2.75, 3.05) is 0 Å². The molecule has 0 saturated carbocycles. The zero-order valence-electron chi connectivity index (χ0n) is 7.19. The Kier molecular flexibility index (Phi) is 3.03. The third-order valence-electron chi connectivity index (χ3n) is 1.56. The summed E-state index contributed by atoms with van der Waals surface area (Å²) in [6, 6.07) is 9.14. The Bertz CT molecular complexity index is 325. The summed E-state index contributed by atoms with van der Waals surface area (Å²) in [5.74, 6) is -0.471. The Morgan fingerprint density at radius 3 is 2.46 bits per heavy atom. The van der Waals surface area contributed by atoms with E-state index in [1.807, 2.05) is 18.2 Å². The van der Waals surface area contributed by atoms with Gasteiger partial charge in [-0.1, -0.05) is 43.5 Å². The highest BCUT2D eigenvalue weighted by Gasteiger charge is 2.08. The molecule has 0 spiro atoms. The predicted octanol–water partition coefficient (Wildman–Crippen LogP) is 2.39. The van der Waals surface area contributed by atoms with Gasteiger partial charge < -0.3 is 4.74 Å². The smallest absolute Gasteiger partial charge is 0.342 e. The van der Waals surface area contributed by atoms with Crippen molar-refractivity contribution in [1.29, 1.82) is 0 Å². The van der Waals surface area contributed by atoms with Crippen molar-refractivity contribution in [3.8, 4) is 0 Å². The van der Waals surface area contributed by atoms with Crippen molar-refractivity contribution in [2.24, 2.45) is 0 Å². The second-order valence-electron chi connectivity index (χ2n) is 2.42. The van der Waals surface area contributed by atoms with Crippen LogP contribution in [0.25, 0.3) is 5.57 Å². The zero-order valence-corrected chi connectivity index (χ0v) is 7.19. The van der Waals surface area contributed by atoms with Gasteiger partial charge in [-0.05, 0) is 5.56 Å². The first kappa shape index (κ1) is 9.26. The fourth-order valence-corrected chi connectivity index (χ4v) is 0.904. The molecule has 1 aromatic carbocycles. The van der Waals surface area contributed by atoms with E-state index in [9.17, 15) is 4.79 Å². The number of hydrogen-bond donors (Lipinski definition) is 0. The first-order valence-corrected chi connectivity index (χ1v) is 3.82. The van der Waals surface area contributed by atoms with Gasteiger partial charge in [-0.15, -0.1) is 0 Å². The summed E-state index contributed by atoms with van der Waals surface area (Å²) in [7, 11) is 0. The van der Waals surface area contributed by atoms with Crippen LogP contribution in [0.15, 0.2) is 49.8 Å². The van der Waals surface area contributed by atoms with Crippen LogP contribution in [0.1, 0.15) is 5.56 Å². The molecule has 2 nitrogen and oxygen atoms in total. The van der Waals surface area contributed by atoms with Crippen LogP contribution in [0, 0.1) is 0 Å². The number of hydrogen-bond acceptors (Lipinski definition) is 2. The molecule has 0 heterocycles. The molecule has 0 aliphatic carbocycles. The average molecular weight is 174 g/mol. The van der Waals surface area contributed by atoms with Crippen LogP contribution in [-0.4, -0.2) is 5.97 Å². The molecule has 0 aromatic heterocycles. The predicted molar refractivity (Wildman–Crippen MR) is 51.8 cm³/mol. The molecule has 0 fully saturated rings. The second kappa shape index (κ2) is 4.26. The van der Waals surface area contributed by atoms with E-state index < -0.39 is 5.97 Å². The highest BCUT2D eigenvalue weighted by atomic mass is 16.5. The van der Waals surface area contributed by atoms with Gasteiger partial charge in [0.05, 0.1) is 11.8 Å². The minimum Gasteiger partial charge on any atom is -0.432 e. The molecular weight excluding hydrogens is 164 g/mol. The molecule has 0 amide bonds. The van der Waals surface area contributed by atoms with Gasteiger partial charge in [-0.2, -0.15) is 0 Å². The lowest BCUT2D eigenvalue weighted by molar-refractivity contribution is -0.131. The van der Waals surface area contributed by atoms with Crippen molar-refractivity contribution in [3.05, 3.63) is 55.3 Å². The Labute approximate surface area is 77.2 Å². The Hall–Kier alpha value is -1.83. The molecule has 0 atom stereocenters. The van der Waals surface area contributed by atoms with E-state index in [1.54, 1.807) is 12.1 Å². The zero-order chi connectivity index (χ0) is 9.68. The SMILES string of the molecule is C=COC(=O)C(=C)c1ccccc1. The fourth-order valence-electron chi connectivity index (χ4n) is 0.904. The topological polar surface area (TPSA) is 26.3 Å². The first-order chi connectivity index (χ1) is 6.25. The lowest BCUT2D eigenvalue weighted by Gasteiger charge is -2.02. The molecule has 0 aliphatic heterocycles. The minimum absolute atomic E-state index is 0.334. The number of ether oxygens (including phenoxy) is 1. The van der Waals surface area contributed by atoms with Gasteiger partial charge >= 0.3 is 5.97 Å². The van der Waals surface area contributed by atoms with Crippen LogP contribution in [-0.2, 0) is 9.53 Å². The van der Waals surface area contributed by atoms with Gasteiger partial charge in [-0.3, -0.25) is 0 Å². The van der Waals surface area contributed by atoms with Gasteiger partial charge in [0.15, 0.2) is 0 Å². The summed E-state index contributed by atoms with van der Waals surface area (Å²) in [5.41, 5.74) is 1.09. The van der Waals surface area contributed by atoms with E-state index in [0.29, 0.717) is 5.57 Å². The van der Waals surface area contributed by atoms with Crippen LogP contribution in [0.4, 0.5) is 0 Å². The number of rotatable bonds is 3. The van der Waals surface area contributed by atoms with E-state index in [0.717, 1.165) is 11.8 Å². The molecule has 0 N–H and O–H groups in total. The number of carbonyl (C=O) groups is 1. The van der Waals surface area contributed by atoms with Crippen LogP contribution in [0.2, 0.25) is 0 Å². The number of esters is 1. The van der Waals surface area contributed by atoms with Gasteiger partial charge in [0.25, 0.3) is 0 Å². The van der Waals surface area contributed by atoms with Gasteiger partial charge in [-0.25, -0.2) is 4.79 Å². The number of carbonyl (C=O) groups excluding carboxylic acids is 1. The molecule has 0 radical (unpaired) electrons. The maximum atomic E-state index is 11.2. The molecule has 0 bridgehead atoms. The van der Waals surface area contributed by atoms with E-state index in [4.69, 9.17) is 0 Å². The maximum absolute atomic E-state index is 11.2. The number of benzene rings is 1. The van der Waals surface area contributed by atoms with Crippen LogP contribution in [0.5, 0.6) is 0 Å². The Morgan fingerprint density at radius 1 is 1.31 bits per heavy atom. The summed E-state index contributed by atoms with van der Waals surface area (Å²) in [6.45, 7) is 6.91. The third-order valence-corrected chi connectivity index (χ3v) is 1.56. The van der Waals surface area contributed by atoms with Crippen LogP contribution < -0.4 is 0 Å². The molecule has 2 heteroatoms. The maximum Gasteiger partial charge on any atom is 0.342 e. The summed E-state index contributed by atoms with van der Waals surface area (Å²) in [6.07, 6.45) is 1.09. The molecule has 1 rings (SSSR count). The lowest BCUT2D eigenvalue weighted by Crippen LogP contribution is -2.01. The summed E-state index contributed by atoms with van der Waals surface area (Å²) in [4.78, 5) is 11.2. The molecule has 13 heavy (non-hydrogen) atoms. The Morgan fingerprint density at radius 2 is 1.92 bits per heavy atom. The molecule has 0 aliphatic rings.